The minimum atomic E-state index is -0.675. The topological polar surface area (TPSA) is 37.3 Å². The van der Waals surface area contributed by atoms with Crippen LogP contribution in [0, 0.1) is 5.41 Å². The van der Waals surface area contributed by atoms with Gasteiger partial charge in [-0.3, -0.25) is 4.79 Å². The Bertz CT molecular complexity index is 167. The Morgan fingerprint density at radius 3 is 2.17 bits per heavy atom. The van der Waals surface area contributed by atoms with Crippen LogP contribution in [0.15, 0.2) is 12.2 Å². The molecule has 0 rings (SSSR count). The van der Waals surface area contributed by atoms with E-state index in [1.54, 1.807) is 0 Å². The molecular formula is C10H18O2. The predicted molar refractivity (Wildman–Crippen MR) is 50.1 cm³/mol. The summed E-state index contributed by atoms with van der Waals surface area (Å²) < 4.78 is 0. The van der Waals surface area contributed by atoms with Gasteiger partial charge in [0.05, 0.1) is 5.41 Å². The molecule has 0 amide bonds. The first-order valence-electron chi connectivity index (χ1n) is 4.47. The summed E-state index contributed by atoms with van der Waals surface area (Å²) in [4.78, 5) is 11.0. The molecule has 70 valence electrons. The van der Waals surface area contributed by atoms with Gasteiger partial charge in [0.2, 0.25) is 0 Å². The van der Waals surface area contributed by atoms with Crippen molar-refractivity contribution in [1.82, 2.24) is 0 Å². The molecule has 0 heterocycles. The lowest BCUT2D eigenvalue weighted by atomic mass is 9.79. The third-order valence-corrected chi connectivity index (χ3v) is 2.55. The molecule has 0 saturated carbocycles. The second-order valence-electron chi connectivity index (χ2n) is 3.07. The quantitative estimate of drug-likeness (QED) is 0.644. The first-order valence-corrected chi connectivity index (χ1v) is 4.47. The Kier molecular flexibility index (Phi) is 4.64. The molecule has 0 aliphatic rings. The normalized spacial score (nSPS) is 12.2. The van der Waals surface area contributed by atoms with Crippen molar-refractivity contribution >= 4 is 5.97 Å². The molecule has 0 bridgehead atoms. The number of hydrogen-bond donors (Lipinski definition) is 1. The van der Waals surface area contributed by atoms with Gasteiger partial charge in [0.15, 0.2) is 0 Å². The van der Waals surface area contributed by atoms with Crippen LogP contribution in [-0.2, 0) is 4.79 Å². The zero-order valence-electron chi connectivity index (χ0n) is 8.13. The highest BCUT2D eigenvalue weighted by molar-refractivity contribution is 5.74. The third-order valence-electron chi connectivity index (χ3n) is 2.55. The van der Waals surface area contributed by atoms with Gasteiger partial charge in [-0.2, -0.15) is 0 Å². The van der Waals surface area contributed by atoms with Crippen molar-refractivity contribution in [2.24, 2.45) is 5.41 Å². The van der Waals surface area contributed by atoms with Crippen LogP contribution in [0.4, 0.5) is 0 Å². The van der Waals surface area contributed by atoms with Crippen molar-refractivity contribution in [1.29, 1.82) is 0 Å². The molecular weight excluding hydrogens is 152 g/mol. The maximum Gasteiger partial charge on any atom is 0.309 e. The van der Waals surface area contributed by atoms with Crippen LogP contribution >= 0.6 is 0 Å². The van der Waals surface area contributed by atoms with Crippen molar-refractivity contribution in [3.8, 4) is 0 Å². The highest BCUT2D eigenvalue weighted by Gasteiger charge is 2.32. The Labute approximate surface area is 74.3 Å². The number of carbonyl (C=O) groups is 1. The number of rotatable bonds is 5. The van der Waals surface area contributed by atoms with Crippen LogP contribution in [0.5, 0.6) is 0 Å². The molecule has 0 aromatic heterocycles. The molecule has 2 heteroatoms. The van der Waals surface area contributed by atoms with Crippen LogP contribution in [0.1, 0.15) is 40.0 Å². The number of aliphatic carboxylic acids is 1. The summed E-state index contributed by atoms with van der Waals surface area (Å²) in [6.45, 7) is 5.78. The van der Waals surface area contributed by atoms with Crippen LogP contribution < -0.4 is 0 Å². The fourth-order valence-corrected chi connectivity index (χ4v) is 1.27. The van der Waals surface area contributed by atoms with Crippen LogP contribution in [0.2, 0.25) is 0 Å². The van der Waals surface area contributed by atoms with Crippen LogP contribution in [0.3, 0.4) is 0 Å². The van der Waals surface area contributed by atoms with Gasteiger partial charge in [0.1, 0.15) is 0 Å². The van der Waals surface area contributed by atoms with Crippen molar-refractivity contribution in [3.63, 3.8) is 0 Å². The monoisotopic (exact) mass is 170 g/mol. The first-order chi connectivity index (χ1) is 5.63. The van der Waals surface area contributed by atoms with Crippen molar-refractivity contribution < 1.29 is 9.90 Å². The van der Waals surface area contributed by atoms with E-state index in [9.17, 15) is 4.79 Å². The number of hydrogen-bond acceptors (Lipinski definition) is 1. The molecule has 1 N–H and O–H groups in total. The number of allylic oxidation sites excluding steroid dienone is 2. The second kappa shape index (κ2) is 4.96. The van der Waals surface area contributed by atoms with E-state index in [1.165, 1.54) is 0 Å². The van der Waals surface area contributed by atoms with Gasteiger partial charge in [-0.15, -0.1) is 0 Å². The smallest absolute Gasteiger partial charge is 0.309 e. The fourth-order valence-electron chi connectivity index (χ4n) is 1.27. The summed E-state index contributed by atoms with van der Waals surface area (Å²) in [5.74, 6) is -0.675. The Morgan fingerprint density at radius 1 is 1.42 bits per heavy atom. The maximum absolute atomic E-state index is 11.0. The number of carboxylic acid groups (broad SMARTS) is 1. The van der Waals surface area contributed by atoms with Crippen LogP contribution in [0.25, 0.3) is 0 Å². The molecule has 0 fully saturated rings. The van der Waals surface area contributed by atoms with Gasteiger partial charge >= 0.3 is 5.97 Å². The van der Waals surface area contributed by atoms with E-state index >= 15 is 0 Å². The number of carboxylic acids is 1. The molecule has 0 saturated heterocycles. The van der Waals surface area contributed by atoms with E-state index in [2.05, 4.69) is 0 Å². The highest BCUT2D eigenvalue weighted by atomic mass is 16.4. The standard InChI is InChI=1S/C10H18O2/c1-4-7-8-10(5-2,6-3)9(11)12/h4,7H,5-6,8H2,1-3H3,(H,11,12)/b7-4+. The molecule has 0 spiro atoms. The molecule has 0 aliphatic carbocycles. The molecule has 0 aliphatic heterocycles. The minimum Gasteiger partial charge on any atom is -0.481 e. The molecule has 0 aromatic rings. The van der Waals surface area contributed by atoms with Crippen molar-refractivity contribution in [2.45, 2.75) is 40.0 Å². The predicted octanol–water partition coefficient (Wildman–Crippen LogP) is 2.84. The van der Waals surface area contributed by atoms with Crippen LogP contribution in [-0.4, -0.2) is 11.1 Å². The SMILES string of the molecule is C/C=C/CC(CC)(CC)C(=O)O. The lowest BCUT2D eigenvalue weighted by molar-refractivity contribution is -0.149. The molecule has 0 radical (unpaired) electrons. The molecule has 2 nitrogen and oxygen atoms in total. The van der Waals surface area contributed by atoms with E-state index < -0.39 is 11.4 Å². The Balaban J connectivity index is 4.46. The lowest BCUT2D eigenvalue weighted by Crippen LogP contribution is -2.28. The maximum atomic E-state index is 11.0. The largest absolute Gasteiger partial charge is 0.481 e. The molecule has 0 unspecified atom stereocenters. The summed E-state index contributed by atoms with van der Waals surface area (Å²) in [7, 11) is 0. The van der Waals surface area contributed by atoms with Crippen molar-refractivity contribution in [3.05, 3.63) is 12.2 Å². The molecule has 0 aromatic carbocycles. The average Bonchev–Trinajstić information content (AvgIpc) is 2.07. The Morgan fingerprint density at radius 2 is 1.92 bits per heavy atom. The van der Waals surface area contributed by atoms with Crippen molar-refractivity contribution in [2.75, 3.05) is 0 Å². The fraction of sp³-hybridized carbons (Fsp3) is 0.700. The summed E-state index contributed by atoms with van der Waals surface area (Å²) in [5, 5.41) is 9.02. The zero-order chi connectivity index (χ0) is 9.61. The lowest BCUT2D eigenvalue weighted by Gasteiger charge is -2.24. The van der Waals surface area contributed by atoms with Gasteiger partial charge in [0.25, 0.3) is 0 Å². The van der Waals surface area contributed by atoms with Gasteiger partial charge in [0, 0.05) is 0 Å². The van der Waals surface area contributed by atoms with Gasteiger partial charge < -0.3 is 5.11 Å². The summed E-state index contributed by atoms with van der Waals surface area (Å²) in [6.07, 6.45) is 5.88. The average molecular weight is 170 g/mol. The van der Waals surface area contributed by atoms with E-state index in [0.29, 0.717) is 19.3 Å². The van der Waals surface area contributed by atoms with E-state index in [1.807, 2.05) is 32.9 Å². The van der Waals surface area contributed by atoms with E-state index in [4.69, 9.17) is 5.11 Å². The first kappa shape index (κ1) is 11.2. The molecule has 12 heavy (non-hydrogen) atoms. The van der Waals surface area contributed by atoms with Gasteiger partial charge in [-0.05, 0) is 26.2 Å². The van der Waals surface area contributed by atoms with Gasteiger partial charge in [-0.25, -0.2) is 0 Å². The summed E-state index contributed by atoms with van der Waals surface area (Å²) in [5.41, 5.74) is -0.535. The summed E-state index contributed by atoms with van der Waals surface area (Å²) in [6, 6.07) is 0. The van der Waals surface area contributed by atoms with E-state index in [-0.39, 0.29) is 0 Å². The Hall–Kier alpha value is -0.790. The highest BCUT2D eigenvalue weighted by Crippen LogP contribution is 2.31. The second-order valence-corrected chi connectivity index (χ2v) is 3.07. The third kappa shape index (κ3) is 2.36. The molecule has 0 atom stereocenters. The van der Waals surface area contributed by atoms with E-state index in [0.717, 1.165) is 0 Å². The summed E-state index contributed by atoms with van der Waals surface area (Å²) >= 11 is 0. The zero-order valence-corrected chi connectivity index (χ0v) is 8.13. The van der Waals surface area contributed by atoms with Gasteiger partial charge in [-0.1, -0.05) is 26.0 Å². The minimum absolute atomic E-state index is 0.535.